The quantitative estimate of drug-likeness (QED) is 0.278. The van der Waals surface area contributed by atoms with Crippen molar-refractivity contribution >= 4 is 81.7 Å². The molecule has 16 heteroatoms. The number of hydrogen-bond donors (Lipinski definition) is 0. The van der Waals surface area contributed by atoms with Crippen LogP contribution in [0.25, 0.3) is 0 Å². The molecule has 0 aliphatic carbocycles. The summed E-state index contributed by atoms with van der Waals surface area (Å²) in [7, 11) is -6.84. The summed E-state index contributed by atoms with van der Waals surface area (Å²) in [5, 5.41) is 0.585. The van der Waals surface area contributed by atoms with Crippen molar-refractivity contribution in [3.8, 4) is 0 Å². The van der Waals surface area contributed by atoms with E-state index in [0.717, 1.165) is 20.8 Å². The molecule has 0 radical (unpaired) electrons. The highest BCUT2D eigenvalue weighted by Crippen LogP contribution is 2.18. The van der Waals surface area contributed by atoms with E-state index < -0.39 is 52.9 Å². The number of rotatable bonds is 10. The molecule has 0 saturated heterocycles. The zero-order chi connectivity index (χ0) is 28.0. The van der Waals surface area contributed by atoms with Gasteiger partial charge in [-0.25, -0.2) is 0 Å². The van der Waals surface area contributed by atoms with Crippen LogP contribution in [0.4, 0.5) is 0 Å². The van der Waals surface area contributed by atoms with Crippen molar-refractivity contribution in [2.75, 3.05) is 6.61 Å². The molecule has 1 atom stereocenters. The summed E-state index contributed by atoms with van der Waals surface area (Å²) in [6.07, 6.45) is 0. The molecule has 0 aromatic heterocycles. The van der Waals surface area contributed by atoms with E-state index in [1.807, 2.05) is 0 Å². The van der Waals surface area contributed by atoms with E-state index in [9.17, 15) is 24.0 Å². The molecular weight excluding hydrogens is 541 g/mol. The monoisotopic (exact) mass is 572 g/mol. The predicted molar refractivity (Wildman–Crippen MR) is 134 cm³/mol. The molecule has 1 unspecified atom stereocenters. The van der Waals surface area contributed by atoms with Crippen molar-refractivity contribution in [2.45, 2.75) is 73.7 Å². The normalized spacial score (nSPS) is 11.3. The molecular formula is C19H32O12S2Si2. The summed E-state index contributed by atoms with van der Waals surface area (Å²) in [4.78, 5) is 55.2. The van der Waals surface area contributed by atoms with Crippen LogP contribution in [-0.2, 0) is 55.6 Å². The minimum Gasteiger partial charge on any atom is -0.487 e. The van der Waals surface area contributed by atoms with E-state index in [1.54, 1.807) is 27.3 Å². The molecule has 0 aromatic carbocycles. The highest BCUT2D eigenvalue weighted by Gasteiger charge is 2.52. The molecule has 0 bridgehead atoms. The van der Waals surface area contributed by atoms with Gasteiger partial charge in [-0.2, -0.15) is 0 Å². The molecule has 0 spiro atoms. The van der Waals surface area contributed by atoms with Crippen molar-refractivity contribution in [1.29, 1.82) is 0 Å². The van der Waals surface area contributed by atoms with E-state index >= 15 is 0 Å². The Labute approximate surface area is 217 Å². The summed E-state index contributed by atoms with van der Waals surface area (Å²) in [5.41, 5.74) is -0.544. The topological polar surface area (TPSA) is 150 Å². The maximum atomic E-state index is 11.1. The van der Waals surface area contributed by atoms with Gasteiger partial charge in [0.1, 0.15) is 0 Å². The molecule has 0 aliphatic heterocycles. The molecule has 0 rings (SSSR count). The number of thiocarbonyl (C=S) groups is 2. The Bertz CT molecular complexity index is 761. The molecule has 12 nitrogen and oxygen atoms in total. The van der Waals surface area contributed by atoms with E-state index in [4.69, 9.17) is 56.0 Å². The summed E-state index contributed by atoms with van der Waals surface area (Å²) in [6.45, 7) is 12.3. The molecule has 0 aromatic rings. The first-order valence-electron chi connectivity index (χ1n) is 10.1. The SMILES string of the molecule is CC(=O)O[Si](C)(OC(C)=O)C(C)OC(C)=S.CC(=O)O[Si](CCOC(C)=S)(OC(C)=O)OC(C)=O. The minimum atomic E-state index is -3.78. The fraction of sp³-hybridized carbons (Fsp3) is 0.632. The van der Waals surface area contributed by atoms with Crippen LogP contribution < -0.4 is 0 Å². The third-order valence-electron chi connectivity index (χ3n) is 3.39. The van der Waals surface area contributed by atoms with Crippen LogP contribution in [0.15, 0.2) is 0 Å². The van der Waals surface area contributed by atoms with Crippen molar-refractivity contribution in [3.63, 3.8) is 0 Å². The number of carbonyl (C=O) groups is 5. The van der Waals surface area contributed by atoms with Crippen LogP contribution >= 0.6 is 24.4 Å². The molecule has 0 fully saturated rings. The lowest BCUT2D eigenvalue weighted by Crippen LogP contribution is -2.53. The highest BCUT2D eigenvalue weighted by atomic mass is 32.1. The second-order valence-corrected chi connectivity index (χ2v) is 13.9. The Kier molecular flexibility index (Phi) is 16.1. The van der Waals surface area contributed by atoms with Gasteiger partial charge in [0.15, 0.2) is 15.8 Å². The highest BCUT2D eigenvalue weighted by molar-refractivity contribution is 7.80. The standard InChI is InChI=1S/C10H16O7SSi.C9H16O5SSi/c1-7(11)15-19(16-8(2)12,17-9(3)13)6-5-14-10(4)18;1-6(10)13-16(5,14-7(2)11)9(4)12-8(3)15/h5-6H2,1-4H3;9H,1-5H3. The fourth-order valence-corrected chi connectivity index (χ4v) is 6.62. The fourth-order valence-electron chi connectivity index (χ4n) is 2.31. The maximum Gasteiger partial charge on any atom is 0.708 e. The van der Waals surface area contributed by atoms with E-state index in [2.05, 4.69) is 0 Å². The first kappa shape index (κ1) is 34.7. The first-order valence-corrected chi connectivity index (χ1v) is 15.3. The first-order chi connectivity index (χ1) is 15.8. The third kappa shape index (κ3) is 17.6. The van der Waals surface area contributed by atoms with Gasteiger partial charge in [-0.15, -0.1) is 0 Å². The lowest BCUT2D eigenvalue weighted by atomic mass is 10.8. The summed E-state index contributed by atoms with van der Waals surface area (Å²) in [6, 6.07) is -0.0558. The second-order valence-electron chi connectivity index (χ2n) is 7.01. The van der Waals surface area contributed by atoms with Gasteiger partial charge in [0, 0.05) is 55.0 Å². The van der Waals surface area contributed by atoms with Gasteiger partial charge in [-0.3, -0.25) is 24.0 Å². The van der Waals surface area contributed by atoms with Crippen LogP contribution in [0.1, 0.15) is 55.4 Å². The van der Waals surface area contributed by atoms with Gasteiger partial charge in [0.2, 0.25) is 0 Å². The Morgan fingerprint density at radius 2 is 1.00 bits per heavy atom. The molecule has 0 saturated carbocycles. The number of hydrogen-bond acceptors (Lipinski definition) is 14. The van der Waals surface area contributed by atoms with Gasteiger partial charge in [-0.05, 0) is 31.4 Å². The van der Waals surface area contributed by atoms with Crippen LogP contribution in [0.5, 0.6) is 0 Å². The van der Waals surface area contributed by atoms with E-state index in [1.165, 1.54) is 13.8 Å². The zero-order valence-corrected chi connectivity index (χ0v) is 24.8. The summed E-state index contributed by atoms with van der Waals surface area (Å²) in [5.74, 6) is -3.16. The Morgan fingerprint density at radius 1 is 0.657 bits per heavy atom. The Hall–Kier alpha value is -2.44. The van der Waals surface area contributed by atoms with E-state index in [0.29, 0.717) is 5.05 Å². The van der Waals surface area contributed by atoms with E-state index in [-0.39, 0.29) is 17.7 Å². The minimum absolute atomic E-state index is 0.00932. The summed E-state index contributed by atoms with van der Waals surface area (Å²) >= 11 is 9.50. The average molecular weight is 573 g/mol. The van der Waals surface area contributed by atoms with Gasteiger partial charge in [0.05, 0.1) is 12.7 Å². The lowest BCUT2D eigenvalue weighted by Gasteiger charge is -2.30. The zero-order valence-electron chi connectivity index (χ0n) is 21.2. The Balaban J connectivity index is 0. The van der Waals surface area contributed by atoms with Crippen LogP contribution in [0, 0.1) is 0 Å². The molecule has 200 valence electrons. The van der Waals surface area contributed by atoms with Crippen molar-refractivity contribution in [2.24, 2.45) is 0 Å². The third-order valence-corrected chi connectivity index (χ3v) is 9.19. The maximum absolute atomic E-state index is 11.1. The summed E-state index contributed by atoms with van der Waals surface area (Å²) < 4.78 is 35.3. The molecule has 0 N–H and O–H groups in total. The average Bonchev–Trinajstić information content (AvgIpc) is 2.57. The van der Waals surface area contributed by atoms with Crippen LogP contribution in [-0.4, -0.2) is 69.6 Å². The second kappa shape index (κ2) is 16.3. The van der Waals surface area contributed by atoms with Gasteiger partial charge in [0.25, 0.3) is 29.8 Å². The number of carbonyl (C=O) groups excluding carboxylic acids is 5. The van der Waals surface area contributed by atoms with Gasteiger partial charge >= 0.3 is 17.4 Å². The molecule has 0 aliphatic rings. The van der Waals surface area contributed by atoms with Crippen molar-refractivity contribution in [3.05, 3.63) is 0 Å². The largest absolute Gasteiger partial charge is 0.708 e. The van der Waals surface area contributed by atoms with Crippen LogP contribution in [0.2, 0.25) is 12.6 Å². The van der Waals surface area contributed by atoms with Gasteiger partial charge < -0.3 is 31.6 Å². The molecule has 35 heavy (non-hydrogen) atoms. The molecule has 0 amide bonds. The lowest BCUT2D eigenvalue weighted by molar-refractivity contribution is -0.148. The number of ether oxygens (including phenoxy) is 2. The van der Waals surface area contributed by atoms with Crippen molar-refractivity contribution < 1.29 is 55.6 Å². The molecule has 0 heterocycles. The van der Waals surface area contributed by atoms with Crippen molar-refractivity contribution in [1.82, 2.24) is 0 Å². The van der Waals surface area contributed by atoms with Gasteiger partial charge in [-0.1, -0.05) is 0 Å². The Morgan fingerprint density at radius 3 is 1.26 bits per heavy atom. The smallest absolute Gasteiger partial charge is 0.487 e. The van der Waals surface area contributed by atoms with Crippen LogP contribution in [0.3, 0.4) is 0 Å². The predicted octanol–water partition coefficient (Wildman–Crippen LogP) is 2.45.